The first-order valence-corrected chi connectivity index (χ1v) is 9.31. The summed E-state index contributed by atoms with van der Waals surface area (Å²) >= 11 is 0. The molecule has 0 saturated carbocycles. The summed E-state index contributed by atoms with van der Waals surface area (Å²) in [7, 11) is 0. The van der Waals surface area contributed by atoms with Crippen LogP contribution < -0.4 is 10.9 Å². The van der Waals surface area contributed by atoms with E-state index >= 15 is 0 Å². The van der Waals surface area contributed by atoms with Crippen molar-refractivity contribution in [1.29, 1.82) is 0 Å². The number of piperidine rings is 1. The quantitative estimate of drug-likeness (QED) is 0.695. The van der Waals surface area contributed by atoms with Crippen LogP contribution in [0, 0.1) is 5.92 Å². The number of aliphatic hydroxyl groups is 1. The Morgan fingerprint density at radius 1 is 1.35 bits per heavy atom. The van der Waals surface area contributed by atoms with Gasteiger partial charge in [-0.2, -0.15) is 0 Å². The summed E-state index contributed by atoms with van der Waals surface area (Å²) in [5.74, 6) is 2.02. The molecular weight excluding hydrogens is 330 g/mol. The van der Waals surface area contributed by atoms with Gasteiger partial charge < -0.3 is 20.3 Å². The summed E-state index contributed by atoms with van der Waals surface area (Å²) in [4.78, 5) is 25.7. The number of rotatable bonds is 7. The molecule has 3 heterocycles. The predicted octanol–water partition coefficient (Wildman–Crippen LogP) is 1.51. The van der Waals surface area contributed by atoms with Crippen molar-refractivity contribution in [2.24, 2.45) is 5.92 Å². The molecule has 2 aromatic rings. The second-order valence-electron chi connectivity index (χ2n) is 6.76. The van der Waals surface area contributed by atoms with E-state index in [-0.39, 0.29) is 12.2 Å². The summed E-state index contributed by atoms with van der Waals surface area (Å²) in [6.07, 6.45) is 4.74. The van der Waals surface area contributed by atoms with Crippen molar-refractivity contribution in [2.75, 3.05) is 38.1 Å². The number of nitrogens with zero attached hydrogens (tertiary/aromatic N) is 3. The van der Waals surface area contributed by atoms with Crippen molar-refractivity contribution < 1.29 is 5.11 Å². The molecule has 0 amide bonds. The first-order valence-electron chi connectivity index (χ1n) is 9.31. The largest absolute Gasteiger partial charge is 0.395 e. The molecule has 0 bridgehead atoms. The van der Waals surface area contributed by atoms with Crippen LogP contribution in [0.2, 0.25) is 0 Å². The SMILES string of the molecule is CCc1cc(=O)[nH]c(-c2ccc(NCC3CCN(CCO)CC3)nc2)n1. The second-order valence-corrected chi connectivity index (χ2v) is 6.76. The van der Waals surface area contributed by atoms with Crippen molar-refractivity contribution >= 4 is 5.82 Å². The lowest BCUT2D eigenvalue weighted by Gasteiger charge is -2.31. The van der Waals surface area contributed by atoms with Gasteiger partial charge in [-0.1, -0.05) is 6.92 Å². The highest BCUT2D eigenvalue weighted by atomic mass is 16.3. The molecule has 3 rings (SSSR count). The standard InChI is InChI=1S/C19H27N5O2/c1-2-16-11-18(26)23-19(22-16)15-3-4-17(21-13-15)20-12-14-5-7-24(8-6-14)9-10-25/h3-4,11,13-14,25H,2,5-10,12H2,1H3,(H,20,21)(H,22,23,26). The highest BCUT2D eigenvalue weighted by Gasteiger charge is 2.18. The number of anilines is 1. The van der Waals surface area contributed by atoms with E-state index < -0.39 is 0 Å². The van der Waals surface area contributed by atoms with Crippen LogP contribution in [-0.4, -0.2) is 57.7 Å². The molecule has 0 radical (unpaired) electrons. The molecule has 1 fully saturated rings. The summed E-state index contributed by atoms with van der Waals surface area (Å²) < 4.78 is 0. The molecule has 7 nitrogen and oxygen atoms in total. The number of aromatic nitrogens is 3. The lowest BCUT2D eigenvalue weighted by Crippen LogP contribution is -2.37. The Kier molecular flexibility index (Phi) is 6.35. The van der Waals surface area contributed by atoms with Gasteiger partial charge in [0.15, 0.2) is 0 Å². The normalized spacial score (nSPS) is 15.9. The Labute approximate surface area is 153 Å². The number of pyridine rings is 1. The Hall–Kier alpha value is -2.25. The molecule has 0 unspecified atom stereocenters. The van der Waals surface area contributed by atoms with Gasteiger partial charge in [-0.3, -0.25) is 4.79 Å². The Bertz CT molecular complexity index is 751. The summed E-state index contributed by atoms with van der Waals surface area (Å²) in [6, 6.07) is 5.38. The summed E-state index contributed by atoms with van der Waals surface area (Å²) in [5.41, 5.74) is 1.44. The number of hydrogen-bond acceptors (Lipinski definition) is 6. The number of H-pyrrole nitrogens is 1. The van der Waals surface area contributed by atoms with Crippen molar-refractivity contribution in [1.82, 2.24) is 19.9 Å². The van der Waals surface area contributed by atoms with Gasteiger partial charge >= 0.3 is 0 Å². The molecule has 0 atom stereocenters. The van der Waals surface area contributed by atoms with E-state index in [2.05, 4.69) is 25.2 Å². The topological polar surface area (TPSA) is 94.1 Å². The fourth-order valence-electron chi connectivity index (χ4n) is 3.27. The van der Waals surface area contributed by atoms with E-state index in [1.165, 1.54) is 6.07 Å². The average molecular weight is 357 g/mol. The zero-order valence-corrected chi connectivity index (χ0v) is 15.2. The molecule has 0 aliphatic carbocycles. The smallest absolute Gasteiger partial charge is 0.251 e. The van der Waals surface area contributed by atoms with Crippen molar-refractivity contribution in [3.05, 3.63) is 40.4 Å². The lowest BCUT2D eigenvalue weighted by atomic mass is 9.97. The van der Waals surface area contributed by atoms with Gasteiger partial charge in [0, 0.05) is 36.6 Å². The summed E-state index contributed by atoms with van der Waals surface area (Å²) in [5, 5.41) is 12.4. The van der Waals surface area contributed by atoms with Gasteiger partial charge in [-0.05, 0) is 50.4 Å². The minimum absolute atomic E-state index is 0.137. The molecule has 7 heteroatoms. The predicted molar refractivity (Wildman–Crippen MR) is 102 cm³/mol. The van der Waals surface area contributed by atoms with Crippen LogP contribution in [0.1, 0.15) is 25.5 Å². The van der Waals surface area contributed by atoms with Crippen LogP contribution in [-0.2, 0) is 6.42 Å². The van der Waals surface area contributed by atoms with Crippen LogP contribution in [0.5, 0.6) is 0 Å². The van der Waals surface area contributed by atoms with E-state index in [0.29, 0.717) is 11.7 Å². The zero-order valence-electron chi connectivity index (χ0n) is 15.2. The van der Waals surface area contributed by atoms with Gasteiger partial charge in [-0.15, -0.1) is 0 Å². The first kappa shape index (κ1) is 18.5. The van der Waals surface area contributed by atoms with Crippen molar-refractivity contribution in [3.8, 4) is 11.4 Å². The van der Waals surface area contributed by atoms with E-state index in [1.54, 1.807) is 6.20 Å². The first-order chi connectivity index (χ1) is 12.7. The Morgan fingerprint density at radius 3 is 2.81 bits per heavy atom. The Morgan fingerprint density at radius 2 is 2.15 bits per heavy atom. The van der Waals surface area contributed by atoms with Gasteiger partial charge in [0.1, 0.15) is 11.6 Å². The second kappa shape index (κ2) is 8.91. The summed E-state index contributed by atoms with van der Waals surface area (Å²) in [6.45, 7) is 5.99. The van der Waals surface area contributed by atoms with Crippen LogP contribution in [0.25, 0.3) is 11.4 Å². The third kappa shape index (κ3) is 4.89. The minimum atomic E-state index is -0.137. The third-order valence-electron chi connectivity index (χ3n) is 4.89. The van der Waals surface area contributed by atoms with Crippen LogP contribution in [0.3, 0.4) is 0 Å². The van der Waals surface area contributed by atoms with Gasteiger partial charge in [0.2, 0.25) is 0 Å². The number of likely N-dealkylation sites (tertiary alicyclic amines) is 1. The number of aromatic amines is 1. The number of hydrogen-bond donors (Lipinski definition) is 3. The maximum atomic E-state index is 11.7. The fourth-order valence-corrected chi connectivity index (χ4v) is 3.27. The highest BCUT2D eigenvalue weighted by Crippen LogP contribution is 2.19. The molecule has 140 valence electrons. The number of aliphatic hydroxyl groups excluding tert-OH is 1. The Balaban J connectivity index is 1.55. The molecule has 26 heavy (non-hydrogen) atoms. The van der Waals surface area contributed by atoms with Gasteiger partial charge in [-0.25, -0.2) is 9.97 Å². The highest BCUT2D eigenvalue weighted by molar-refractivity contribution is 5.55. The maximum Gasteiger partial charge on any atom is 0.251 e. The van der Waals surface area contributed by atoms with Crippen LogP contribution in [0.4, 0.5) is 5.82 Å². The lowest BCUT2D eigenvalue weighted by molar-refractivity contribution is 0.151. The molecule has 1 saturated heterocycles. The van der Waals surface area contributed by atoms with Crippen LogP contribution >= 0.6 is 0 Å². The molecule has 0 spiro atoms. The maximum absolute atomic E-state index is 11.7. The monoisotopic (exact) mass is 357 g/mol. The molecule has 1 aliphatic rings. The van der Waals surface area contributed by atoms with Crippen LogP contribution in [0.15, 0.2) is 29.2 Å². The van der Waals surface area contributed by atoms with Crippen molar-refractivity contribution in [3.63, 3.8) is 0 Å². The number of β-amino-alcohol motifs (C(OH)–C–C–N with tert-alkyl or cyclic N) is 1. The number of aryl methyl sites for hydroxylation is 1. The van der Waals surface area contributed by atoms with Gasteiger partial charge in [0.25, 0.3) is 5.56 Å². The number of nitrogens with one attached hydrogen (secondary N) is 2. The molecule has 2 aromatic heterocycles. The van der Waals surface area contributed by atoms with E-state index in [4.69, 9.17) is 5.11 Å². The molecule has 0 aromatic carbocycles. The van der Waals surface area contributed by atoms with Gasteiger partial charge in [0.05, 0.1) is 6.61 Å². The zero-order chi connectivity index (χ0) is 18.4. The van der Waals surface area contributed by atoms with Crippen molar-refractivity contribution in [2.45, 2.75) is 26.2 Å². The third-order valence-corrected chi connectivity index (χ3v) is 4.89. The minimum Gasteiger partial charge on any atom is -0.395 e. The fraction of sp³-hybridized carbons (Fsp3) is 0.526. The van der Waals surface area contributed by atoms with E-state index in [1.807, 2.05) is 19.1 Å². The average Bonchev–Trinajstić information content (AvgIpc) is 2.67. The van der Waals surface area contributed by atoms with E-state index in [0.717, 1.165) is 62.5 Å². The molecule has 1 aliphatic heterocycles. The molecular formula is C19H27N5O2. The molecule has 3 N–H and O–H groups in total. The van der Waals surface area contributed by atoms with E-state index in [9.17, 15) is 4.79 Å².